The number of hydrogen-bond donors (Lipinski definition) is 4. The Balaban J connectivity index is 1.56. The second kappa shape index (κ2) is 11.0. The van der Waals surface area contributed by atoms with E-state index >= 15 is 0 Å². The molecule has 2 atom stereocenters. The first-order valence-electron chi connectivity index (χ1n) is 11.9. The number of fused-ring (bicyclic) bond motifs is 1. The minimum atomic E-state index is -4.07. The fourth-order valence-electron chi connectivity index (χ4n) is 4.42. The Bertz CT molecular complexity index is 1130. The Morgan fingerprint density at radius 2 is 1.94 bits per heavy atom. The highest BCUT2D eigenvalue weighted by Gasteiger charge is 2.34. The van der Waals surface area contributed by atoms with Crippen LogP contribution in [-0.2, 0) is 21.2 Å². The maximum absolute atomic E-state index is 13.3. The van der Waals surface area contributed by atoms with Crippen LogP contribution >= 0.6 is 0 Å². The van der Waals surface area contributed by atoms with Crippen LogP contribution in [0.5, 0.6) is 5.75 Å². The second-order valence-corrected chi connectivity index (χ2v) is 11.0. The molecule has 188 valence electrons. The molecule has 0 spiro atoms. The molecule has 0 aromatic heterocycles. The highest BCUT2D eigenvalue weighted by molar-refractivity contribution is 7.89. The van der Waals surface area contributed by atoms with Crippen LogP contribution in [0.15, 0.2) is 53.4 Å². The van der Waals surface area contributed by atoms with E-state index in [0.717, 1.165) is 24.8 Å². The molecular formula is C24H32BN3O6S. The lowest BCUT2D eigenvalue weighted by atomic mass is 9.69. The Morgan fingerprint density at radius 3 is 2.60 bits per heavy atom. The van der Waals surface area contributed by atoms with Gasteiger partial charge in [-0.1, -0.05) is 49.6 Å². The molecule has 0 bridgehead atoms. The molecule has 0 radical (unpaired) electrons. The maximum Gasteiger partial charge on any atom is 0.475 e. The van der Waals surface area contributed by atoms with Gasteiger partial charge in [0.1, 0.15) is 18.4 Å². The van der Waals surface area contributed by atoms with E-state index in [1.54, 1.807) is 6.07 Å². The Kier molecular flexibility index (Phi) is 8.00. The summed E-state index contributed by atoms with van der Waals surface area (Å²) in [6.07, 6.45) is 3.60. The molecule has 0 saturated heterocycles. The van der Waals surface area contributed by atoms with E-state index in [2.05, 4.69) is 10.0 Å². The molecule has 1 aliphatic heterocycles. The smallest absolute Gasteiger partial charge is 0.475 e. The summed E-state index contributed by atoms with van der Waals surface area (Å²) >= 11 is 0. The first kappa shape index (κ1) is 25.5. The molecular weight excluding hydrogens is 469 g/mol. The van der Waals surface area contributed by atoms with Crippen molar-refractivity contribution < 1.29 is 28.0 Å². The molecule has 0 unspecified atom stereocenters. The zero-order chi connectivity index (χ0) is 25.0. The van der Waals surface area contributed by atoms with E-state index in [1.807, 2.05) is 42.3 Å². The Morgan fingerprint density at radius 1 is 1.20 bits per heavy atom. The fraction of sp³-hybridized carbons (Fsp3) is 0.458. The largest absolute Gasteiger partial charge is 0.490 e. The van der Waals surface area contributed by atoms with Gasteiger partial charge in [0.25, 0.3) is 0 Å². The van der Waals surface area contributed by atoms with Crippen LogP contribution in [0, 0.1) is 5.92 Å². The third-order valence-electron chi connectivity index (χ3n) is 6.73. The van der Waals surface area contributed by atoms with Crippen molar-refractivity contribution in [3.8, 4) is 5.75 Å². The van der Waals surface area contributed by atoms with Crippen molar-refractivity contribution in [1.82, 2.24) is 10.0 Å². The number of carbonyl (C=O) groups is 1. The highest BCUT2D eigenvalue weighted by Crippen LogP contribution is 2.33. The standard InChI is InChI=1S/C24H32BN3O6S/c1-28-12-13-34-22-11-10-19(16-21(22)28)35(32,33)27-20(14-17-6-3-2-4-7-17)24(29)26-23(25(30)31)15-18-8-5-9-18/h2-4,6-7,10-11,16,18,20,23,27,30-31H,5,8-9,12-15H2,1H3,(H,26,29)/t20-,23-/m0/s1. The number of nitrogens with one attached hydrogen (secondary N) is 2. The normalized spacial score (nSPS) is 17.5. The van der Waals surface area contributed by atoms with Crippen LogP contribution in [0.3, 0.4) is 0 Å². The molecule has 1 heterocycles. The van der Waals surface area contributed by atoms with Crippen molar-refractivity contribution in [2.75, 3.05) is 25.1 Å². The van der Waals surface area contributed by atoms with Crippen molar-refractivity contribution in [3.63, 3.8) is 0 Å². The highest BCUT2D eigenvalue weighted by atomic mass is 32.2. The SMILES string of the molecule is CN1CCOc2ccc(S(=O)(=O)N[C@@H](Cc3ccccc3)C(=O)N[C@@H](CC3CCC3)B(O)O)cc21. The summed E-state index contributed by atoms with van der Waals surface area (Å²) in [5, 5.41) is 22.3. The number of hydrogen-bond acceptors (Lipinski definition) is 7. The summed E-state index contributed by atoms with van der Waals surface area (Å²) in [5.74, 6) is -0.550. The van der Waals surface area contributed by atoms with Gasteiger partial charge in [-0.2, -0.15) is 4.72 Å². The molecule has 1 saturated carbocycles. The molecule has 9 nitrogen and oxygen atoms in total. The molecule has 35 heavy (non-hydrogen) atoms. The lowest BCUT2D eigenvalue weighted by Crippen LogP contribution is -2.55. The van der Waals surface area contributed by atoms with Crippen molar-refractivity contribution in [3.05, 3.63) is 54.1 Å². The van der Waals surface area contributed by atoms with Crippen LogP contribution in [0.4, 0.5) is 5.69 Å². The summed E-state index contributed by atoms with van der Waals surface area (Å²) in [6, 6.07) is 12.5. The van der Waals surface area contributed by atoms with Gasteiger partial charge in [-0.3, -0.25) is 4.79 Å². The molecule has 4 rings (SSSR count). The van der Waals surface area contributed by atoms with Gasteiger partial charge in [-0.15, -0.1) is 0 Å². The van der Waals surface area contributed by atoms with Crippen molar-refractivity contribution in [2.24, 2.45) is 5.92 Å². The molecule has 1 amide bonds. The van der Waals surface area contributed by atoms with Crippen LogP contribution in [0.2, 0.25) is 0 Å². The molecule has 11 heteroatoms. The average molecular weight is 501 g/mol. The van der Waals surface area contributed by atoms with E-state index in [1.165, 1.54) is 12.1 Å². The zero-order valence-corrected chi connectivity index (χ0v) is 20.6. The second-order valence-electron chi connectivity index (χ2n) is 9.32. The monoisotopic (exact) mass is 501 g/mol. The molecule has 2 aromatic carbocycles. The van der Waals surface area contributed by atoms with Crippen LogP contribution in [-0.4, -0.2) is 63.7 Å². The predicted molar refractivity (Wildman–Crippen MR) is 134 cm³/mol. The number of likely N-dealkylation sites (N-methyl/N-ethyl adjacent to an activating group) is 1. The number of carbonyl (C=O) groups excluding carboxylic acids is 1. The van der Waals surface area contributed by atoms with Gasteiger partial charge < -0.3 is 25.0 Å². The minimum Gasteiger partial charge on any atom is -0.490 e. The van der Waals surface area contributed by atoms with E-state index in [4.69, 9.17) is 4.74 Å². The van der Waals surface area contributed by atoms with Gasteiger partial charge in [0.15, 0.2) is 0 Å². The number of rotatable bonds is 10. The minimum absolute atomic E-state index is 0.0210. The van der Waals surface area contributed by atoms with Crippen LogP contribution in [0.25, 0.3) is 0 Å². The number of amides is 1. The topological polar surface area (TPSA) is 128 Å². The first-order valence-corrected chi connectivity index (χ1v) is 13.4. The predicted octanol–water partition coefficient (Wildman–Crippen LogP) is 1.09. The Labute approximate surface area is 206 Å². The lowest BCUT2D eigenvalue weighted by molar-refractivity contribution is -0.123. The van der Waals surface area contributed by atoms with Crippen molar-refractivity contribution in [2.45, 2.75) is 49.0 Å². The maximum atomic E-state index is 13.3. The average Bonchev–Trinajstić information content (AvgIpc) is 2.80. The molecule has 4 N–H and O–H groups in total. The van der Waals surface area contributed by atoms with E-state index < -0.39 is 35.0 Å². The summed E-state index contributed by atoms with van der Waals surface area (Å²) in [6.45, 7) is 1.15. The summed E-state index contributed by atoms with van der Waals surface area (Å²) in [5.41, 5.74) is 1.43. The molecule has 2 aliphatic rings. The zero-order valence-electron chi connectivity index (χ0n) is 19.8. The molecule has 2 aromatic rings. The number of ether oxygens (including phenoxy) is 1. The third-order valence-corrected chi connectivity index (χ3v) is 8.20. The van der Waals surface area contributed by atoms with Gasteiger partial charge in [-0.05, 0) is 42.5 Å². The van der Waals surface area contributed by atoms with Crippen molar-refractivity contribution >= 4 is 28.7 Å². The molecule has 1 fully saturated rings. The number of nitrogens with zero attached hydrogens (tertiary/aromatic N) is 1. The summed E-state index contributed by atoms with van der Waals surface area (Å²) in [7, 11) is -3.94. The number of sulfonamides is 1. The summed E-state index contributed by atoms with van der Waals surface area (Å²) < 4.78 is 34.8. The van der Waals surface area contributed by atoms with Crippen molar-refractivity contribution in [1.29, 1.82) is 0 Å². The number of anilines is 1. The molecule has 1 aliphatic carbocycles. The summed E-state index contributed by atoms with van der Waals surface area (Å²) in [4.78, 5) is 15.2. The van der Waals surface area contributed by atoms with Gasteiger partial charge >= 0.3 is 7.12 Å². The fourth-order valence-corrected chi connectivity index (χ4v) is 5.63. The quantitative estimate of drug-likeness (QED) is 0.359. The Hall–Kier alpha value is -2.60. The third kappa shape index (κ3) is 6.35. The van der Waals surface area contributed by atoms with Gasteiger partial charge in [0.05, 0.1) is 23.1 Å². The van der Waals surface area contributed by atoms with E-state index in [0.29, 0.717) is 36.9 Å². The van der Waals surface area contributed by atoms with Gasteiger partial charge in [0.2, 0.25) is 15.9 Å². The van der Waals surface area contributed by atoms with Crippen LogP contribution < -0.4 is 19.7 Å². The van der Waals surface area contributed by atoms with Gasteiger partial charge in [0, 0.05) is 7.05 Å². The number of benzene rings is 2. The van der Waals surface area contributed by atoms with Crippen LogP contribution in [0.1, 0.15) is 31.2 Å². The van der Waals surface area contributed by atoms with E-state index in [9.17, 15) is 23.3 Å². The first-order chi connectivity index (χ1) is 16.7. The van der Waals surface area contributed by atoms with E-state index in [-0.39, 0.29) is 11.3 Å². The van der Waals surface area contributed by atoms with Gasteiger partial charge in [-0.25, -0.2) is 8.42 Å². The lowest BCUT2D eigenvalue weighted by Gasteiger charge is -2.31.